The number of carbonyl (C=O) groups is 1. The summed E-state index contributed by atoms with van der Waals surface area (Å²) in [5, 5.41) is 14.0. The van der Waals surface area contributed by atoms with Crippen LogP contribution in [0.3, 0.4) is 0 Å². The fourth-order valence-corrected chi connectivity index (χ4v) is 3.66. The number of anilines is 1. The van der Waals surface area contributed by atoms with Gasteiger partial charge in [-0.15, -0.1) is 21.5 Å². The third kappa shape index (κ3) is 2.25. The highest BCUT2D eigenvalue weighted by Gasteiger charge is 2.16. The number of aryl methyl sites for hydroxylation is 3. The molecule has 0 fully saturated rings. The largest absolute Gasteiger partial charge is 0.327 e. The van der Waals surface area contributed by atoms with Crippen molar-refractivity contribution in [3.8, 4) is 0 Å². The second-order valence-corrected chi connectivity index (χ2v) is 6.72. The maximum atomic E-state index is 12.2. The van der Waals surface area contributed by atoms with Crippen LogP contribution in [0.15, 0.2) is 29.6 Å². The van der Waals surface area contributed by atoms with Gasteiger partial charge in [-0.25, -0.2) is 0 Å². The topological polar surface area (TPSA) is 72.7 Å². The lowest BCUT2D eigenvalue weighted by atomic mass is 10.1. The Morgan fingerprint density at radius 2 is 2.08 bits per heavy atom. The zero-order chi connectivity index (χ0) is 16.8. The number of hydrogen-bond donors (Lipinski definition) is 1. The molecule has 6 nitrogen and oxygen atoms in total. The van der Waals surface area contributed by atoms with Crippen molar-refractivity contribution in [3.63, 3.8) is 0 Å². The minimum absolute atomic E-state index is 0.209. The number of carbonyl (C=O) groups excluding carboxylic acids is 1. The number of thiophene rings is 1. The van der Waals surface area contributed by atoms with Crippen molar-refractivity contribution >= 4 is 45.3 Å². The minimum atomic E-state index is -0.225. The normalized spacial score (nSPS) is 11.3. The van der Waals surface area contributed by atoms with E-state index in [-0.39, 0.29) is 11.9 Å². The molecule has 0 radical (unpaired) electrons. The molecule has 0 spiro atoms. The van der Waals surface area contributed by atoms with Gasteiger partial charge in [0.1, 0.15) is 5.52 Å². The average Bonchev–Trinajstić information content (AvgIpc) is 3.15. The Kier molecular flexibility index (Phi) is 3.31. The lowest BCUT2D eigenvalue weighted by molar-refractivity contribution is 0.102. The molecule has 24 heavy (non-hydrogen) atoms. The second-order valence-electron chi connectivity index (χ2n) is 5.78. The van der Waals surface area contributed by atoms with Crippen LogP contribution >= 0.6 is 11.3 Å². The molecule has 0 bridgehead atoms. The van der Waals surface area contributed by atoms with Crippen LogP contribution in [0.4, 0.5) is 5.95 Å². The van der Waals surface area contributed by atoms with Gasteiger partial charge in [-0.1, -0.05) is 17.7 Å². The first kappa shape index (κ1) is 14.8. The van der Waals surface area contributed by atoms with Gasteiger partial charge in [-0.05, 0) is 36.9 Å². The third-order valence-corrected chi connectivity index (χ3v) is 4.86. The quantitative estimate of drug-likeness (QED) is 0.608. The monoisotopic (exact) mass is 337 g/mol. The van der Waals surface area contributed by atoms with Gasteiger partial charge in [-0.2, -0.15) is 4.98 Å². The maximum Gasteiger partial charge on any atom is 0.268 e. The van der Waals surface area contributed by atoms with E-state index in [1.807, 2.05) is 23.1 Å². The Morgan fingerprint density at radius 3 is 2.83 bits per heavy atom. The zero-order valence-electron chi connectivity index (χ0n) is 13.5. The molecule has 120 valence electrons. The Hall–Kier alpha value is -2.80. The molecule has 1 aromatic carbocycles. The van der Waals surface area contributed by atoms with E-state index in [4.69, 9.17) is 0 Å². The summed E-state index contributed by atoms with van der Waals surface area (Å²) in [6, 6.07) is 7.81. The summed E-state index contributed by atoms with van der Waals surface area (Å²) in [5.74, 6) is -0.0156. The molecular weight excluding hydrogens is 322 g/mol. The van der Waals surface area contributed by atoms with Gasteiger partial charge < -0.3 is 4.57 Å². The molecule has 0 saturated heterocycles. The van der Waals surface area contributed by atoms with Crippen molar-refractivity contribution in [3.05, 3.63) is 45.6 Å². The van der Waals surface area contributed by atoms with Crippen molar-refractivity contribution in [2.75, 3.05) is 5.32 Å². The van der Waals surface area contributed by atoms with Crippen LogP contribution in [0.1, 0.15) is 20.8 Å². The van der Waals surface area contributed by atoms with Crippen molar-refractivity contribution in [2.24, 2.45) is 7.05 Å². The number of benzene rings is 1. The minimum Gasteiger partial charge on any atom is -0.327 e. The van der Waals surface area contributed by atoms with Crippen molar-refractivity contribution in [1.82, 2.24) is 19.7 Å². The highest BCUT2D eigenvalue weighted by Crippen LogP contribution is 2.29. The van der Waals surface area contributed by atoms with Crippen LogP contribution < -0.4 is 5.32 Å². The lowest BCUT2D eigenvalue weighted by Crippen LogP contribution is -2.13. The van der Waals surface area contributed by atoms with Crippen LogP contribution in [0, 0.1) is 13.8 Å². The Balaban J connectivity index is 1.84. The summed E-state index contributed by atoms with van der Waals surface area (Å²) < 4.78 is 1.99. The van der Waals surface area contributed by atoms with Gasteiger partial charge in [0.25, 0.3) is 11.9 Å². The molecule has 3 aromatic heterocycles. The molecule has 7 heteroatoms. The van der Waals surface area contributed by atoms with Gasteiger partial charge >= 0.3 is 0 Å². The van der Waals surface area contributed by atoms with Gasteiger partial charge in [-0.3, -0.25) is 10.1 Å². The van der Waals surface area contributed by atoms with Gasteiger partial charge in [0.05, 0.1) is 10.4 Å². The van der Waals surface area contributed by atoms with E-state index in [1.54, 1.807) is 6.07 Å². The fourth-order valence-electron chi connectivity index (χ4n) is 3.04. The molecule has 0 aliphatic carbocycles. The van der Waals surface area contributed by atoms with E-state index >= 15 is 0 Å². The standard InChI is InChI=1S/C17H15N5OS/c1-9-7-10(2)14-11(8-9)13-15(22(14)3)18-17(21-20-13)19-16(23)12-5-4-6-24-12/h4-8H,1-3H3,(H,18,19,21,23). The SMILES string of the molecule is Cc1cc(C)c2c(c1)c1nnc(NC(=O)c3cccs3)nc1n2C. The molecule has 0 aliphatic rings. The van der Waals surface area contributed by atoms with Gasteiger partial charge in [0.2, 0.25) is 0 Å². The van der Waals surface area contributed by atoms with E-state index in [1.165, 1.54) is 16.9 Å². The van der Waals surface area contributed by atoms with Crippen molar-refractivity contribution in [1.29, 1.82) is 0 Å². The summed E-state index contributed by atoms with van der Waals surface area (Å²) in [5.41, 5.74) is 4.86. The van der Waals surface area contributed by atoms with E-state index in [9.17, 15) is 4.79 Å². The zero-order valence-corrected chi connectivity index (χ0v) is 14.3. The van der Waals surface area contributed by atoms with Crippen molar-refractivity contribution < 1.29 is 4.79 Å². The predicted octanol–water partition coefficient (Wildman–Crippen LogP) is 3.45. The first-order valence-electron chi connectivity index (χ1n) is 7.49. The Bertz CT molecular complexity index is 1080. The molecular formula is C17H15N5OS. The molecule has 0 atom stereocenters. The van der Waals surface area contributed by atoms with Crippen molar-refractivity contribution in [2.45, 2.75) is 13.8 Å². The molecule has 4 aromatic rings. The number of rotatable bonds is 2. The summed E-state index contributed by atoms with van der Waals surface area (Å²) >= 11 is 1.37. The average molecular weight is 337 g/mol. The molecule has 1 N–H and O–H groups in total. The first-order valence-corrected chi connectivity index (χ1v) is 8.37. The van der Waals surface area contributed by atoms with E-state index in [0.717, 1.165) is 22.0 Å². The summed E-state index contributed by atoms with van der Waals surface area (Å²) in [4.78, 5) is 17.3. The highest BCUT2D eigenvalue weighted by atomic mass is 32.1. The van der Waals surface area contributed by atoms with Crippen LogP contribution in [0.25, 0.3) is 22.1 Å². The van der Waals surface area contributed by atoms with E-state index in [0.29, 0.717) is 10.5 Å². The maximum absolute atomic E-state index is 12.2. The van der Waals surface area contributed by atoms with Crippen LogP contribution in [0.2, 0.25) is 0 Å². The second kappa shape index (κ2) is 5.38. The third-order valence-electron chi connectivity index (χ3n) is 3.99. The number of fused-ring (bicyclic) bond motifs is 3. The Morgan fingerprint density at radius 1 is 1.25 bits per heavy atom. The molecule has 0 unspecified atom stereocenters. The van der Waals surface area contributed by atoms with Crippen LogP contribution in [0.5, 0.6) is 0 Å². The fraction of sp³-hybridized carbons (Fsp3) is 0.176. The summed E-state index contributed by atoms with van der Waals surface area (Å²) in [6.45, 7) is 4.13. The predicted molar refractivity (Wildman–Crippen MR) is 95.6 cm³/mol. The van der Waals surface area contributed by atoms with E-state index < -0.39 is 0 Å². The first-order chi connectivity index (χ1) is 11.5. The summed E-state index contributed by atoms with van der Waals surface area (Å²) in [7, 11) is 1.95. The lowest BCUT2D eigenvalue weighted by Gasteiger charge is -2.03. The van der Waals surface area contributed by atoms with Crippen LogP contribution in [-0.4, -0.2) is 25.7 Å². The molecule has 0 saturated carbocycles. The smallest absolute Gasteiger partial charge is 0.268 e. The number of amides is 1. The highest BCUT2D eigenvalue weighted by molar-refractivity contribution is 7.12. The van der Waals surface area contributed by atoms with E-state index in [2.05, 4.69) is 46.5 Å². The Labute approximate surface area is 142 Å². The number of aromatic nitrogens is 4. The number of hydrogen-bond acceptors (Lipinski definition) is 5. The number of nitrogens with one attached hydrogen (secondary N) is 1. The van der Waals surface area contributed by atoms with Gasteiger partial charge in [0.15, 0.2) is 5.65 Å². The summed E-state index contributed by atoms with van der Waals surface area (Å²) in [6.07, 6.45) is 0. The molecule has 3 heterocycles. The molecule has 4 rings (SSSR count). The van der Waals surface area contributed by atoms with Gasteiger partial charge in [0, 0.05) is 12.4 Å². The molecule has 1 amide bonds. The number of nitrogens with zero attached hydrogens (tertiary/aromatic N) is 4. The van der Waals surface area contributed by atoms with Crippen LogP contribution in [-0.2, 0) is 7.05 Å². The molecule has 0 aliphatic heterocycles.